The molecule has 1 atom stereocenters. The summed E-state index contributed by atoms with van der Waals surface area (Å²) in [5.74, 6) is 1.57. The second kappa shape index (κ2) is 6.64. The Morgan fingerprint density at radius 3 is 2.77 bits per heavy atom. The van der Waals surface area contributed by atoms with Crippen LogP contribution in [0.15, 0.2) is 60.8 Å². The topological polar surface area (TPSA) is 42.7 Å². The van der Waals surface area contributed by atoms with Crippen molar-refractivity contribution in [2.75, 3.05) is 5.32 Å². The normalized spacial score (nSPS) is 12.3. The Morgan fingerprint density at radius 1 is 1.08 bits per heavy atom. The highest BCUT2D eigenvalue weighted by Crippen LogP contribution is 2.26. The molecule has 1 N–H and O–H groups in total. The van der Waals surface area contributed by atoms with Crippen molar-refractivity contribution in [1.82, 2.24) is 14.5 Å². The Hall–Kier alpha value is -3.14. The third kappa shape index (κ3) is 3.18. The van der Waals surface area contributed by atoms with E-state index in [-0.39, 0.29) is 6.04 Å². The van der Waals surface area contributed by atoms with E-state index in [2.05, 4.69) is 76.4 Å². The first-order valence-corrected chi connectivity index (χ1v) is 8.74. The van der Waals surface area contributed by atoms with Gasteiger partial charge in [0.1, 0.15) is 11.6 Å². The smallest absolute Gasteiger partial charge is 0.130 e. The van der Waals surface area contributed by atoms with Crippen LogP contribution in [0.3, 0.4) is 0 Å². The first-order chi connectivity index (χ1) is 12.6. The van der Waals surface area contributed by atoms with Crippen LogP contribution in [-0.2, 0) is 7.05 Å². The maximum absolute atomic E-state index is 4.64. The molecule has 0 aliphatic rings. The minimum Gasteiger partial charge on any atom is -0.363 e. The van der Waals surface area contributed by atoms with Gasteiger partial charge in [0.15, 0.2) is 0 Å². The number of fused-ring (bicyclic) bond motifs is 1. The quantitative estimate of drug-likeness (QED) is 0.573. The van der Waals surface area contributed by atoms with Gasteiger partial charge in [0, 0.05) is 30.4 Å². The summed E-state index contributed by atoms with van der Waals surface area (Å²) in [6.45, 7) is 4.04. The second-order valence-electron chi connectivity index (χ2n) is 6.57. The van der Waals surface area contributed by atoms with E-state index in [0.717, 1.165) is 28.5 Å². The highest BCUT2D eigenvalue weighted by Gasteiger charge is 2.10. The highest BCUT2D eigenvalue weighted by molar-refractivity contribution is 5.85. The van der Waals surface area contributed by atoms with Gasteiger partial charge < -0.3 is 9.88 Å². The molecule has 0 spiro atoms. The van der Waals surface area contributed by atoms with Crippen LogP contribution in [0.25, 0.3) is 22.2 Å². The van der Waals surface area contributed by atoms with E-state index in [1.54, 1.807) is 0 Å². The fourth-order valence-corrected chi connectivity index (χ4v) is 3.19. The Bertz CT molecular complexity index is 1050. The van der Waals surface area contributed by atoms with E-state index in [4.69, 9.17) is 0 Å². The molecule has 0 bridgehead atoms. The summed E-state index contributed by atoms with van der Waals surface area (Å²) in [7, 11) is 2.06. The number of rotatable bonds is 4. The number of nitrogens with zero attached hydrogens (tertiary/aromatic N) is 3. The van der Waals surface area contributed by atoms with Crippen LogP contribution in [0.5, 0.6) is 0 Å². The molecule has 4 nitrogen and oxygen atoms in total. The lowest BCUT2D eigenvalue weighted by Crippen LogP contribution is -2.09. The molecule has 0 aliphatic carbocycles. The molecule has 26 heavy (non-hydrogen) atoms. The molecule has 4 aromatic rings. The number of aryl methyl sites for hydroxylation is 2. The van der Waals surface area contributed by atoms with Crippen molar-refractivity contribution >= 4 is 16.7 Å². The summed E-state index contributed by atoms with van der Waals surface area (Å²) in [6.07, 6.45) is 2.07. The highest BCUT2D eigenvalue weighted by atomic mass is 15.0. The van der Waals surface area contributed by atoms with E-state index in [1.165, 1.54) is 10.9 Å². The Labute approximate surface area is 153 Å². The van der Waals surface area contributed by atoms with Crippen molar-refractivity contribution in [3.63, 3.8) is 0 Å². The molecule has 0 aliphatic heterocycles. The third-order valence-corrected chi connectivity index (χ3v) is 4.59. The van der Waals surface area contributed by atoms with Gasteiger partial charge in [-0.1, -0.05) is 36.4 Å². The number of hydrogen-bond acceptors (Lipinski definition) is 3. The van der Waals surface area contributed by atoms with Gasteiger partial charge in [-0.25, -0.2) is 9.97 Å². The summed E-state index contributed by atoms with van der Waals surface area (Å²) >= 11 is 0. The summed E-state index contributed by atoms with van der Waals surface area (Å²) in [4.78, 5) is 9.19. The molecule has 0 saturated carbocycles. The molecule has 4 heteroatoms. The fraction of sp³-hybridized carbons (Fsp3) is 0.182. The first-order valence-electron chi connectivity index (χ1n) is 8.74. The van der Waals surface area contributed by atoms with Crippen LogP contribution >= 0.6 is 0 Å². The molecule has 1 unspecified atom stereocenters. The van der Waals surface area contributed by atoms with Gasteiger partial charge in [-0.3, -0.25) is 0 Å². The Balaban J connectivity index is 1.68. The van der Waals surface area contributed by atoms with Crippen LogP contribution in [0.1, 0.15) is 24.4 Å². The van der Waals surface area contributed by atoms with E-state index in [1.807, 2.05) is 31.2 Å². The number of nitrogens with one attached hydrogen (secondary N) is 1. The van der Waals surface area contributed by atoms with E-state index >= 15 is 0 Å². The molecule has 2 heterocycles. The lowest BCUT2D eigenvalue weighted by Gasteiger charge is -2.15. The van der Waals surface area contributed by atoms with Gasteiger partial charge in [-0.15, -0.1) is 0 Å². The lowest BCUT2D eigenvalue weighted by molar-refractivity contribution is 0.866. The average molecular weight is 341 g/mol. The standard InChI is InChI=1S/C22H21N4/c1-15(17-7-5-4-6-8-17)23-22-14-20(24-16(2)25-22)19-10-9-18-11-12-26(3)21(18)13-19/h4-7,9-15H,1-3H3,(H,23,24,25). The van der Waals surface area contributed by atoms with Crippen LogP contribution in [0.2, 0.25) is 0 Å². The zero-order valence-corrected chi connectivity index (χ0v) is 15.2. The minimum atomic E-state index is 0.119. The molecule has 4 rings (SSSR count). The van der Waals surface area contributed by atoms with Gasteiger partial charge in [0.05, 0.1) is 11.7 Å². The van der Waals surface area contributed by atoms with E-state index in [9.17, 15) is 0 Å². The van der Waals surface area contributed by atoms with E-state index < -0.39 is 0 Å². The molecule has 2 aromatic carbocycles. The van der Waals surface area contributed by atoms with Crippen LogP contribution < -0.4 is 5.32 Å². The second-order valence-corrected chi connectivity index (χ2v) is 6.57. The van der Waals surface area contributed by atoms with Crippen molar-refractivity contribution < 1.29 is 0 Å². The maximum atomic E-state index is 4.64. The van der Waals surface area contributed by atoms with Crippen molar-refractivity contribution in [3.05, 3.63) is 78.2 Å². The minimum absolute atomic E-state index is 0.119. The Morgan fingerprint density at radius 2 is 1.96 bits per heavy atom. The van der Waals surface area contributed by atoms with Crippen LogP contribution in [-0.4, -0.2) is 14.5 Å². The molecule has 0 fully saturated rings. The largest absolute Gasteiger partial charge is 0.363 e. The average Bonchev–Trinajstić information content (AvgIpc) is 3.02. The third-order valence-electron chi connectivity index (χ3n) is 4.59. The number of benzene rings is 2. The van der Waals surface area contributed by atoms with Gasteiger partial charge in [-0.2, -0.15) is 0 Å². The van der Waals surface area contributed by atoms with Crippen LogP contribution in [0.4, 0.5) is 5.82 Å². The van der Waals surface area contributed by atoms with Crippen LogP contribution in [0, 0.1) is 13.0 Å². The summed E-state index contributed by atoms with van der Waals surface area (Å²) in [5.41, 5.74) is 4.31. The van der Waals surface area contributed by atoms with Gasteiger partial charge in [-0.05, 0) is 43.0 Å². The van der Waals surface area contributed by atoms with Crippen molar-refractivity contribution in [2.45, 2.75) is 19.9 Å². The van der Waals surface area contributed by atoms with Gasteiger partial charge in [0.25, 0.3) is 0 Å². The fourth-order valence-electron chi connectivity index (χ4n) is 3.19. The van der Waals surface area contributed by atoms with Gasteiger partial charge in [0.2, 0.25) is 0 Å². The number of anilines is 1. The maximum Gasteiger partial charge on any atom is 0.130 e. The summed E-state index contributed by atoms with van der Waals surface area (Å²) in [6, 6.07) is 21.9. The SMILES string of the molecule is Cc1nc(NC(C)c2[c]cccc2)cc(-c2ccc3ccn(C)c3c2)n1. The van der Waals surface area contributed by atoms with Crippen molar-refractivity contribution in [1.29, 1.82) is 0 Å². The van der Waals surface area contributed by atoms with E-state index in [0.29, 0.717) is 0 Å². The molecule has 0 amide bonds. The number of hydrogen-bond donors (Lipinski definition) is 1. The van der Waals surface area contributed by atoms with Crippen molar-refractivity contribution in [2.24, 2.45) is 7.05 Å². The lowest BCUT2D eigenvalue weighted by atomic mass is 10.1. The molecule has 129 valence electrons. The molecular weight excluding hydrogens is 320 g/mol. The first kappa shape index (κ1) is 16.3. The van der Waals surface area contributed by atoms with Gasteiger partial charge >= 0.3 is 0 Å². The van der Waals surface area contributed by atoms with Crippen molar-refractivity contribution in [3.8, 4) is 11.3 Å². The zero-order chi connectivity index (χ0) is 18.1. The molecule has 0 saturated heterocycles. The predicted molar refractivity (Wildman–Crippen MR) is 106 cm³/mol. The monoisotopic (exact) mass is 341 g/mol. The summed E-state index contributed by atoms with van der Waals surface area (Å²) in [5, 5.41) is 4.70. The summed E-state index contributed by atoms with van der Waals surface area (Å²) < 4.78 is 2.12. The Kier molecular flexibility index (Phi) is 4.17. The molecule has 1 radical (unpaired) electrons. The number of aromatic nitrogens is 3. The zero-order valence-electron chi connectivity index (χ0n) is 15.2. The molecular formula is C22H21N4. The molecule has 2 aromatic heterocycles. The predicted octanol–water partition coefficient (Wildman–Crippen LogP) is 4.92.